The molecule has 0 bridgehead atoms. The van der Waals surface area contributed by atoms with E-state index in [-0.39, 0.29) is 5.91 Å². The maximum atomic E-state index is 12.7. The molecule has 1 aromatic carbocycles. The van der Waals surface area contributed by atoms with Gasteiger partial charge in [-0.05, 0) is 41.7 Å². The van der Waals surface area contributed by atoms with E-state index in [0.717, 1.165) is 9.77 Å². The molecule has 2 aromatic heterocycles. The average molecular weight is 445 g/mol. The Balaban J connectivity index is 1.78. The fourth-order valence-electron chi connectivity index (χ4n) is 2.24. The molecule has 10 heteroatoms. The van der Waals surface area contributed by atoms with Crippen LogP contribution in [0.3, 0.4) is 0 Å². The molecule has 2 heterocycles. The lowest BCUT2D eigenvalue weighted by molar-refractivity contribution is 0.102. The fraction of sp³-hybridized carbons (Fsp3) is 0.188. The fourth-order valence-corrected chi connectivity index (χ4v) is 4.84. The third kappa shape index (κ3) is 4.37. The lowest BCUT2D eigenvalue weighted by Gasteiger charge is -2.04. The molecule has 0 saturated carbocycles. The number of anilines is 1. The second kappa shape index (κ2) is 8.67. The van der Waals surface area contributed by atoms with Crippen LogP contribution >= 0.6 is 58.3 Å². The maximum absolute atomic E-state index is 12.7. The number of aromatic nitrogens is 3. The predicted molar refractivity (Wildman–Crippen MR) is 111 cm³/mol. The third-order valence-electron chi connectivity index (χ3n) is 3.44. The van der Waals surface area contributed by atoms with Crippen LogP contribution in [0.4, 0.5) is 5.82 Å². The van der Waals surface area contributed by atoms with Crippen molar-refractivity contribution in [3.05, 3.63) is 51.6 Å². The minimum atomic E-state index is -0.258. The number of carbonyl (C=O) groups excluding carboxylic acids is 1. The number of thioether (sulfide) groups is 2. The monoisotopic (exact) mass is 444 g/mol. The predicted octanol–water partition coefficient (Wildman–Crippen LogP) is 5.39. The number of benzene rings is 1. The number of halogens is 2. The van der Waals surface area contributed by atoms with Crippen molar-refractivity contribution in [3.8, 4) is 0 Å². The van der Waals surface area contributed by atoms with E-state index in [1.807, 2.05) is 36.8 Å². The van der Waals surface area contributed by atoms with E-state index in [1.165, 1.54) is 35.1 Å². The Morgan fingerprint density at radius 2 is 1.96 bits per heavy atom. The Labute approximate surface area is 173 Å². The van der Waals surface area contributed by atoms with Crippen LogP contribution < -0.4 is 5.32 Å². The van der Waals surface area contributed by atoms with Crippen LogP contribution in [0.2, 0.25) is 10.0 Å². The molecule has 1 amide bonds. The Kier molecular flexibility index (Phi) is 6.52. The molecule has 0 atom stereocenters. The first-order chi connectivity index (χ1) is 12.5. The van der Waals surface area contributed by atoms with Gasteiger partial charge in [-0.3, -0.25) is 9.48 Å². The molecule has 0 aliphatic heterocycles. The zero-order chi connectivity index (χ0) is 18.7. The summed E-state index contributed by atoms with van der Waals surface area (Å²) in [5.74, 6) is 0.0713. The number of rotatable bonds is 6. The van der Waals surface area contributed by atoms with Gasteiger partial charge in [-0.15, -0.1) is 23.5 Å². The highest BCUT2D eigenvalue weighted by Crippen LogP contribution is 2.33. The van der Waals surface area contributed by atoms with Crippen LogP contribution in [0, 0.1) is 0 Å². The van der Waals surface area contributed by atoms with Gasteiger partial charge in [-0.2, -0.15) is 9.47 Å². The van der Waals surface area contributed by atoms with Crippen LogP contribution in [0.1, 0.15) is 15.9 Å². The van der Waals surface area contributed by atoms with Crippen LogP contribution in [0.5, 0.6) is 0 Å². The molecule has 26 heavy (non-hydrogen) atoms. The largest absolute Gasteiger partial charge is 0.304 e. The highest BCUT2D eigenvalue weighted by molar-refractivity contribution is 8.01. The molecule has 3 aromatic rings. The van der Waals surface area contributed by atoms with Crippen LogP contribution in [-0.4, -0.2) is 32.6 Å². The Bertz CT molecular complexity index is 903. The molecule has 0 aliphatic rings. The zero-order valence-corrected chi connectivity index (χ0v) is 17.8. The van der Waals surface area contributed by atoms with Crippen molar-refractivity contribution < 1.29 is 4.79 Å². The topological polar surface area (TPSA) is 59.8 Å². The van der Waals surface area contributed by atoms with Crippen LogP contribution in [-0.2, 0) is 6.54 Å². The number of hydrogen-bond acceptors (Lipinski definition) is 6. The SMILES string of the molecule is CSc1nsc(SC)c1C(=O)Nc1nn(Cc2ccc(Cl)cc2)cc1Cl. The zero-order valence-electron chi connectivity index (χ0n) is 13.8. The normalized spacial score (nSPS) is 10.9. The summed E-state index contributed by atoms with van der Waals surface area (Å²) in [6.07, 6.45) is 5.49. The van der Waals surface area contributed by atoms with E-state index in [0.29, 0.717) is 33.0 Å². The Hall–Kier alpha value is -1.19. The van der Waals surface area contributed by atoms with Crippen molar-refractivity contribution >= 4 is 70.0 Å². The quantitative estimate of drug-likeness (QED) is 0.516. The molecule has 0 fully saturated rings. The molecule has 0 spiro atoms. The minimum absolute atomic E-state index is 0.258. The highest BCUT2D eigenvalue weighted by Gasteiger charge is 2.22. The number of nitrogens with one attached hydrogen (secondary N) is 1. The van der Waals surface area contributed by atoms with Crippen molar-refractivity contribution in [2.75, 3.05) is 17.8 Å². The number of hydrogen-bond donors (Lipinski definition) is 1. The van der Waals surface area contributed by atoms with Crippen molar-refractivity contribution in [1.29, 1.82) is 0 Å². The van der Waals surface area contributed by atoms with Gasteiger partial charge in [0.05, 0.1) is 16.3 Å². The van der Waals surface area contributed by atoms with Crippen LogP contribution in [0.15, 0.2) is 39.7 Å². The molecule has 0 saturated heterocycles. The summed E-state index contributed by atoms with van der Waals surface area (Å²) in [6, 6.07) is 7.48. The lowest BCUT2D eigenvalue weighted by atomic mass is 10.2. The van der Waals surface area contributed by atoms with Crippen molar-refractivity contribution in [3.63, 3.8) is 0 Å². The molecule has 3 rings (SSSR count). The van der Waals surface area contributed by atoms with Crippen molar-refractivity contribution in [2.24, 2.45) is 0 Å². The van der Waals surface area contributed by atoms with Gasteiger partial charge in [0.25, 0.3) is 5.91 Å². The summed E-state index contributed by atoms with van der Waals surface area (Å²) >= 11 is 16.4. The van der Waals surface area contributed by atoms with E-state index in [4.69, 9.17) is 23.2 Å². The summed E-state index contributed by atoms with van der Waals surface area (Å²) in [4.78, 5) is 12.7. The van der Waals surface area contributed by atoms with Crippen LogP contribution in [0.25, 0.3) is 0 Å². The first-order valence-electron chi connectivity index (χ1n) is 7.38. The minimum Gasteiger partial charge on any atom is -0.304 e. The van der Waals surface area contributed by atoms with Gasteiger partial charge in [0.15, 0.2) is 5.82 Å². The lowest BCUT2D eigenvalue weighted by Crippen LogP contribution is -2.14. The molecule has 5 nitrogen and oxygen atoms in total. The number of amides is 1. The Morgan fingerprint density at radius 1 is 1.23 bits per heavy atom. The van der Waals surface area contributed by atoms with E-state index in [2.05, 4.69) is 14.8 Å². The van der Waals surface area contributed by atoms with E-state index >= 15 is 0 Å². The van der Waals surface area contributed by atoms with Gasteiger partial charge in [0, 0.05) is 11.2 Å². The van der Waals surface area contributed by atoms with E-state index in [9.17, 15) is 4.79 Å². The molecule has 1 N–H and O–H groups in total. The Morgan fingerprint density at radius 3 is 2.62 bits per heavy atom. The van der Waals surface area contributed by atoms with Gasteiger partial charge in [-0.1, -0.05) is 35.3 Å². The first kappa shape index (κ1) is 19.6. The standard InChI is InChI=1S/C16H14Cl2N4OS3/c1-24-15-12(16(25-2)26-21-15)14(23)19-13-11(18)8-22(20-13)7-9-3-5-10(17)6-4-9/h3-6,8H,7H2,1-2H3,(H,19,20,23). The van der Waals surface area contributed by atoms with E-state index in [1.54, 1.807) is 10.9 Å². The molecule has 0 unspecified atom stereocenters. The third-order valence-corrected chi connectivity index (χ3v) is 6.71. The van der Waals surface area contributed by atoms with Gasteiger partial charge in [-0.25, -0.2) is 0 Å². The smallest absolute Gasteiger partial charge is 0.261 e. The summed E-state index contributed by atoms with van der Waals surface area (Å²) in [5, 5.41) is 8.93. The van der Waals surface area contributed by atoms with Crippen molar-refractivity contribution in [1.82, 2.24) is 14.2 Å². The summed E-state index contributed by atoms with van der Waals surface area (Å²) in [6.45, 7) is 0.527. The molecule has 0 aliphatic carbocycles. The summed E-state index contributed by atoms with van der Waals surface area (Å²) in [5.41, 5.74) is 1.60. The van der Waals surface area contributed by atoms with E-state index < -0.39 is 0 Å². The van der Waals surface area contributed by atoms with Gasteiger partial charge >= 0.3 is 0 Å². The number of carbonyl (C=O) groups is 1. The highest BCUT2D eigenvalue weighted by atomic mass is 35.5. The van der Waals surface area contributed by atoms with Gasteiger partial charge in [0.1, 0.15) is 10.0 Å². The number of nitrogens with zero attached hydrogens (tertiary/aromatic N) is 3. The maximum Gasteiger partial charge on any atom is 0.261 e. The second-order valence-corrected chi connectivity index (χ2v) is 8.65. The summed E-state index contributed by atoms with van der Waals surface area (Å²) in [7, 11) is 0. The molecule has 136 valence electrons. The van der Waals surface area contributed by atoms with Gasteiger partial charge in [0.2, 0.25) is 0 Å². The average Bonchev–Trinajstić information content (AvgIpc) is 3.20. The summed E-state index contributed by atoms with van der Waals surface area (Å²) < 4.78 is 6.86. The first-order valence-corrected chi connectivity index (χ1v) is 11.4. The van der Waals surface area contributed by atoms with Gasteiger partial charge < -0.3 is 5.32 Å². The van der Waals surface area contributed by atoms with Crippen molar-refractivity contribution in [2.45, 2.75) is 15.8 Å². The molecular formula is C16H14Cl2N4OS3. The molecular weight excluding hydrogens is 431 g/mol. The second-order valence-electron chi connectivity index (χ2n) is 5.16. The molecule has 0 radical (unpaired) electrons.